The van der Waals surface area contributed by atoms with E-state index in [0.29, 0.717) is 24.3 Å². The quantitative estimate of drug-likeness (QED) is 0.855. The second-order valence-electron chi connectivity index (χ2n) is 4.36. The van der Waals surface area contributed by atoms with E-state index in [-0.39, 0.29) is 5.82 Å². The molecule has 0 saturated heterocycles. The van der Waals surface area contributed by atoms with Gasteiger partial charge in [0.1, 0.15) is 11.6 Å². The molecule has 94 valence electrons. The van der Waals surface area contributed by atoms with Crippen LogP contribution in [0.5, 0.6) is 0 Å². The molecule has 0 aromatic heterocycles. The van der Waals surface area contributed by atoms with Crippen LogP contribution in [0, 0.1) is 11.6 Å². The number of benzene rings is 1. The Hall–Kier alpha value is -1.00. The van der Waals surface area contributed by atoms with E-state index >= 15 is 0 Å². The molecule has 1 saturated carbocycles. The fourth-order valence-corrected chi connectivity index (χ4v) is 2.04. The molecule has 0 unspecified atom stereocenters. The van der Waals surface area contributed by atoms with Gasteiger partial charge in [0, 0.05) is 24.8 Å². The summed E-state index contributed by atoms with van der Waals surface area (Å²) in [6, 6.07) is 3.89. The first-order chi connectivity index (χ1) is 8.19. The third-order valence-corrected chi connectivity index (χ3v) is 3.09. The molecule has 1 aromatic rings. The molecule has 0 bridgehead atoms. The standard InChI is InChI=1S/C13H17F2NO/c1-2-17-12-6-11(7-12)16-8-9-5-10(14)3-4-13(9)15/h3-5,11-12,16H,2,6-8H2,1H3. The minimum atomic E-state index is -0.399. The van der Waals surface area contributed by atoms with E-state index in [1.165, 1.54) is 6.07 Å². The highest BCUT2D eigenvalue weighted by molar-refractivity contribution is 5.18. The van der Waals surface area contributed by atoms with Gasteiger partial charge in [-0.25, -0.2) is 8.78 Å². The molecule has 0 amide bonds. The van der Waals surface area contributed by atoms with Gasteiger partial charge in [0.2, 0.25) is 0 Å². The molecule has 0 heterocycles. The summed E-state index contributed by atoms with van der Waals surface area (Å²) >= 11 is 0. The molecular formula is C13H17F2NO. The molecule has 0 atom stereocenters. The third kappa shape index (κ3) is 3.23. The van der Waals surface area contributed by atoms with Gasteiger partial charge in [-0.1, -0.05) is 0 Å². The lowest BCUT2D eigenvalue weighted by Crippen LogP contribution is -2.45. The molecule has 1 aliphatic carbocycles. The first kappa shape index (κ1) is 12.5. The largest absolute Gasteiger partial charge is 0.378 e. The minimum absolute atomic E-state index is 0.329. The van der Waals surface area contributed by atoms with E-state index in [9.17, 15) is 8.78 Å². The Morgan fingerprint density at radius 1 is 1.35 bits per heavy atom. The van der Waals surface area contributed by atoms with E-state index in [4.69, 9.17) is 4.74 Å². The van der Waals surface area contributed by atoms with E-state index in [1.807, 2.05) is 6.92 Å². The Balaban J connectivity index is 1.77. The van der Waals surface area contributed by atoms with Gasteiger partial charge in [0.05, 0.1) is 6.10 Å². The average molecular weight is 241 g/mol. The van der Waals surface area contributed by atoms with Crippen molar-refractivity contribution >= 4 is 0 Å². The fourth-order valence-electron chi connectivity index (χ4n) is 2.04. The summed E-state index contributed by atoms with van der Waals surface area (Å²) in [6.45, 7) is 3.08. The maximum Gasteiger partial charge on any atom is 0.127 e. The van der Waals surface area contributed by atoms with E-state index in [1.54, 1.807) is 0 Å². The van der Waals surface area contributed by atoms with Crippen molar-refractivity contribution in [1.82, 2.24) is 5.32 Å². The van der Waals surface area contributed by atoms with Crippen LogP contribution in [-0.2, 0) is 11.3 Å². The zero-order chi connectivity index (χ0) is 12.3. The number of hydrogen-bond donors (Lipinski definition) is 1. The average Bonchev–Trinajstić information content (AvgIpc) is 2.26. The van der Waals surface area contributed by atoms with E-state index in [2.05, 4.69) is 5.32 Å². The topological polar surface area (TPSA) is 21.3 Å². The Bertz CT molecular complexity index is 378. The normalized spacial score (nSPS) is 23.5. The van der Waals surface area contributed by atoms with Crippen molar-refractivity contribution in [2.45, 2.75) is 38.5 Å². The van der Waals surface area contributed by atoms with Gasteiger partial charge in [-0.05, 0) is 38.0 Å². The van der Waals surface area contributed by atoms with Gasteiger partial charge >= 0.3 is 0 Å². The monoisotopic (exact) mass is 241 g/mol. The molecule has 0 spiro atoms. The summed E-state index contributed by atoms with van der Waals surface area (Å²) in [5, 5.41) is 3.21. The van der Waals surface area contributed by atoms with Gasteiger partial charge in [0.15, 0.2) is 0 Å². The van der Waals surface area contributed by atoms with Crippen LogP contribution < -0.4 is 5.32 Å². The lowest BCUT2D eigenvalue weighted by molar-refractivity contribution is -0.0102. The summed E-state index contributed by atoms with van der Waals surface area (Å²) in [6.07, 6.45) is 2.23. The summed E-state index contributed by atoms with van der Waals surface area (Å²) in [4.78, 5) is 0. The Kier molecular flexibility index (Phi) is 4.07. The highest BCUT2D eigenvalue weighted by Crippen LogP contribution is 2.23. The van der Waals surface area contributed by atoms with Gasteiger partial charge < -0.3 is 10.1 Å². The zero-order valence-corrected chi connectivity index (χ0v) is 9.88. The van der Waals surface area contributed by atoms with Gasteiger partial charge in [-0.3, -0.25) is 0 Å². The number of ether oxygens (including phenoxy) is 1. The number of halogens is 2. The summed E-state index contributed by atoms with van der Waals surface area (Å²) in [5.74, 6) is -0.761. The SMILES string of the molecule is CCOC1CC(NCc2cc(F)ccc2F)C1. The second-order valence-corrected chi connectivity index (χ2v) is 4.36. The lowest BCUT2D eigenvalue weighted by atomic mass is 9.89. The maximum atomic E-state index is 13.3. The summed E-state index contributed by atoms with van der Waals surface area (Å²) in [7, 11) is 0. The lowest BCUT2D eigenvalue weighted by Gasteiger charge is -2.35. The Morgan fingerprint density at radius 2 is 2.12 bits per heavy atom. The second kappa shape index (κ2) is 5.56. The highest BCUT2D eigenvalue weighted by atomic mass is 19.1. The van der Waals surface area contributed by atoms with Crippen molar-refractivity contribution in [3.05, 3.63) is 35.4 Å². The van der Waals surface area contributed by atoms with Gasteiger partial charge in [-0.15, -0.1) is 0 Å². The fraction of sp³-hybridized carbons (Fsp3) is 0.538. The van der Waals surface area contributed by atoms with Crippen LogP contribution in [0.25, 0.3) is 0 Å². The molecule has 2 rings (SSSR count). The third-order valence-electron chi connectivity index (χ3n) is 3.09. The molecule has 1 fully saturated rings. The Labute approximate surface area is 100.0 Å². The van der Waals surface area contributed by atoms with Crippen LogP contribution in [0.3, 0.4) is 0 Å². The predicted octanol–water partition coefficient (Wildman–Crippen LogP) is 2.62. The van der Waals surface area contributed by atoms with Crippen LogP contribution in [-0.4, -0.2) is 18.8 Å². The maximum absolute atomic E-state index is 13.3. The Morgan fingerprint density at radius 3 is 2.82 bits per heavy atom. The first-order valence-corrected chi connectivity index (χ1v) is 5.98. The van der Waals surface area contributed by atoms with Crippen LogP contribution >= 0.6 is 0 Å². The van der Waals surface area contributed by atoms with E-state index in [0.717, 1.165) is 31.6 Å². The molecule has 0 radical (unpaired) electrons. The van der Waals surface area contributed by atoms with Crippen molar-refractivity contribution in [2.24, 2.45) is 0 Å². The highest BCUT2D eigenvalue weighted by Gasteiger charge is 2.28. The van der Waals surface area contributed by atoms with E-state index < -0.39 is 5.82 Å². The minimum Gasteiger partial charge on any atom is -0.378 e. The van der Waals surface area contributed by atoms with Crippen LogP contribution in [0.4, 0.5) is 8.78 Å². The predicted molar refractivity (Wildman–Crippen MR) is 61.6 cm³/mol. The number of hydrogen-bond acceptors (Lipinski definition) is 2. The van der Waals surface area contributed by atoms with Crippen molar-refractivity contribution < 1.29 is 13.5 Å². The van der Waals surface area contributed by atoms with Crippen molar-refractivity contribution in [3.8, 4) is 0 Å². The summed E-state index contributed by atoms with van der Waals surface area (Å²) < 4.78 is 31.7. The molecule has 17 heavy (non-hydrogen) atoms. The van der Waals surface area contributed by atoms with Crippen molar-refractivity contribution in [1.29, 1.82) is 0 Å². The smallest absolute Gasteiger partial charge is 0.127 e. The first-order valence-electron chi connectivity index (χ1n) is 5.98. The van der Waals surface area contributed by atoms with Crippen molar-refractivity contribution in [2.75, 3.05) is 6.61 Å². The van der Waals surface area contributed by atoms with Gasteiger partial charge in [-0.2, -0.15) is 0 Å². The molecule has 1 aliphatic rings. The van der Waals surface area contributed by atoms with Gasteiger partial charge in [0.25, 0.3) is 0 Å². The molecule has 0 aliphatic heterocycles. The molecule has 4 heteroatoms. The number of nitrogens with one attached hydrogen (secondary N) is 1. The molecule has 1 aromatic carbocycles. The zero-order valence-electron chi connectivity index (χ0n) is 9.88. The molecule has 1 N–H and O–H groups in total. The molecule has 2 nitrogen and oxygen atoms in total. The van der Waals surface area contributed by atoms with Crippen molar-refractivity contribution in [3.63, 3.8) is 0 Å². The van der Waals surface area contributed by atoms with Crippen LogP contribution in [0.2, 0.25) is 0 Å². The van der Waals surface area contributed by atoms with Crippen LogP contribution in [0.1, 0.15) is 25.3 Å². The van der Waals surface area contributed by atoms with Crippen LogP contribution in [0.15, 0.2) is 18.2 Å². The molecular weight excluding hydrogens is 224 g/mol. The number of rotatable bonds is 5. The summed E-state index contributed by atoms with van der Waals surface area (Å²) in [5.41, 5.74) is 0.379.